The molecular weight excluding hydrogens is 202 g/mol. The first-order valence-electron chi connectivity index (χ1n) is 5.69. The monoisotopic (exact) mass is 225 g/mol. The first-order valence-corrected chi connectivity index (χ1v) is 5.69. The Balaban J connectivity index is 2.47. The van der Waals surface area contributed by atoms with Gasteiger partial charge in [0.25, 0.3) is 0 Å². The van der Waals surface area contributed by atoms with Crippen LogP contribution in [0.5, 0.6) is 0 Å². The Kier molecular flexibility index (Phi) is 4.10. The van der Waals surface area contributed by atoms with E-state index >= 15 is 0 Å². The predicted octanol–water partition coefficient (Wildman–Crippen LogP) is 0.363. The van der Waals surface area contributed by atoms with Gasteiger partial charge in [-0.25, -0.2) is 0 Å². The first kappa shape index (κ1) is 13.2. The number of likely N-dealkylation sites (N-methyl/N-ethyl adjacent to an activating group) is 1. The van der Waals surface area contributed by atoms with E-state index < -0.39 is 0 Å². The maximum atomic E-state index is 11.8. The standard InChI is InChI=1S/C12H23N3O/c1-9(10-6-13-7-10)11(16)14-8-12(2,3)15(4)5/h13H,6-8H2,1-5H3,(H,14,16). The van der Waals surface area contributed by atoms with E-state index in [1.54, 1.807) is 0 Å². The summed E-state index contributed by atoms with van der Waals surface area (Å²) in [5, 5.41) is 6.13. The van der Waals surface area contributed by atoms with Gasteiger partial charge in [0.15, 0.2) is 0 Å². The lowest BCUT2D eigenvalue weighted by Crippen LogP contribution is -2.48. The zero-order valence-electron chi connectivity index (χ0n) is 11.0. The van der Waals surface area contributed by atoms with Crippen LogP contribution < -0.4 is 10.6 Å². The molecule has 1 aliphatic heterocycles. The smallest absolute Gasteiger partial charge is 0.247 e. The largest absolute Gasteiger partial charge is 0.350 e. The number of rotatable bonds is 4. The Hall–Kier alpha value is -0.870. The third kappa shape index (κ3) is 3.06. The zero-order chi connectivity index (χ0) is 12.3. The summed E-state index contributed by atoms with van der Waals surface area (Å²) in [6.07, 6.45) is 0. The number of amides is 1. The molecule has 2 N–H and O–H groups in total. The number of hydrogen-bond acceptors (Lipinski definition) is 3. The third-order valence-electron chi connectivity index (χ3n) is 3.44. The summed E-state index contributed by atoms with van der Waals surface area (Å²) in [6, 6.07) is 0. The molecule has 4 nitrogen and oxygen atoms in total. The van der Waals surface area contributed by atoms with E-state index in [0.717, 1.165) is 18.7 Å². The lowest BCUT2D eigenvalue weighted by Gasteiger charge is -2.33. The van der Waals surface area contributed by atoms with Gasteiger partial charge in [0.1, 0.15) is 0 Å². The summed E-state index contributed by atoms with van der Waals surface area (Å²) in [4.78, 5) is 13.9. The van der Waals surface area contributed by atoms with E-state index in [1.807, 2.05) is 21.0 Å². The molecule has 92 valence electrons. The first-order chi connectivity index (χ1) is 7.34. The molecule has 1 fully saturated rings. The van der Waals surface area contributed by atoms with E-state index in [0.29, 0.717) is 6.54 Å². The second-order valence-corrected chi connectivity index (χ2v) is 5.22. The quantitative estimate of drug-likeness (QED) is 0.679. The van der Waals surface area contributed by atoms with Crippen molar-refractivity contribution in [3.8, 4) is 0 Å². The highest BCUT2D eigenvalue weighted by Crippen LogP contribution is 2.11. The van der Waals surface area contributed by atoms with E-state index in [1.165, 1.54) is 5.57 Å². The Morgan fingerprint density at radius 2 is 2.00 bits per heavy atom. The van der Waals surface area contributed by atoms with Crippen LogP contribution in [0.3, 0.4) is 0 Å². The SMILES string of the molecule is CC(C(=O)NCC(C)(C)N(C)C)=C1CNC1. The minimum Gasteiger partial charge on any atom is -0.350 e. The molecule has 1 amide bonds. The van der Waals surface area contributed by atoms with Crippen molar-refractivity contribution in [2.75, 3.05) is 33.7 Å². The number of carbonyl (C=O) groups is 1. The molecule has 1 saturated heterocycles. The minimum atomic E-state index is -0.0154. The van der Waals surface area contributed by atoms with Crippen molar-refractivity contribution in [1.29, 1.82) is 0 Å². The van der Waals surface area contributed by atoms with Crippen LogP contribution in [0.4, 0.5) is 0 Å². The Bertz CT molecular complexity index is 299. The number of nitrogens with one attached hydrogen (secondary N) is 2. The van der Waals surface area contributed by atoms with Crippen LogP contribution in [0, 0.1) is 0 Å². The molecule has 0 aliphatic carbocycles. The Morgan fingerprint density at radius 3 is 2.38 bits per heavy atom. The molecule has 4 heteroatoms. The van der Waals surface area contributed by atoms with E-state index in [2.05, 4.69) is 29.4 Å². The van der Waals surface area contributed by atoms with Crippen molar-refractivity contribution in [3.63, 3.8) is 0 Å². The van der Waals surface area contributed by atoms with Crippen molar-refractivity contribution in [1.82, 2.24) is 15.5 Å². The van der Waals surface area contributed by atoms with E-state index in [-0.39, 0.29) is 11.4 Å². The van der Waals surface area contributed by atoms with Gasteiger partial charge in [-0.1, -0.05) is 0 Å². The summed E-state index contributed by atoms with van der Waals surface area (Å²) >= 11 is 0. The molecule has 0 aromatic carbocycles. The molecule has 1 heterocycles. The summed E-state index contributed by atoms with van der Waals surface area (Å²) in [7, 11) is 4.04. The number of nitrogens with zero attached hydrogens (tertiary/aromatic N) is 1. The van der Waals surface area contributed by atoms with Gasteiger partial charge >= 0.3 is 0 Å². The maximum absolute atomic E-state index is 11.8. The highest BCUT2D eigenvalue weighted by Gasteiger charge is 2.22. The van der Waals surface area contributed by atoms with Crippen molar-refractivity contribution in [2.24, 2.45) is 0 Å². The lowest BCUT2D eigenvalue weighted by atomic mass is 10.0. The molecule has 1 aliphatic rings. The van der Waals surface area contributed by atoms with Gasteiger partial charge in [0.2, 0.25) is 5.91 Å². The molecule has 0 radical (unpaired) electrons. The van der Waals surface area contributed by atoms with Gasteiger partial charge in [-0.15, -0.1) is 0 Å². The average Bonchev–Trinajstić information content (AvgIpc) is 2.11. The highest BCUT2D eigenvalue weighted by atomic mass is 16.1. The van der Waals surface area contributed by atoms with Crippen molar-refractivity contribution >= 4 is 5.91 Å². The molecule has 0 atom stereocenters. The van der Waals surface area contributed by atoms with Crippen LogP contribution >= 0.6 is 0 Å². The normalized spacial score (nSPS) is 16.0. The predicted molar refractivity (Wildman–Crippen MR) is 66.3 cm³/mol. The van der Waals surface area contributed by atoms with E-state index in [9.17, 15) is 4.79 Å². The number of hydrogen-bond donors (Lipinski definition) is 2. The van der Waals surface area contributed by atoms with Crippen LogP contribution in [0.25, 0.3) is 0 Å². The van der Waals surface area contributed by atoms with Gasteiger partial charge in [0.05, 0.1) is 0 Å². The Labute approximate surface area is 98.1 Å². The molecular formula is C12H23N3O. The van der Waals surface area contributed by atoms with Crippen molar-refractivity contribution in [2.45, 2.75) is 26.3 Å². The lowest BCUT2D eigenvalue weighted by molar-refractivity contribution is -0.118. The second kappa shape index (κ2) is 4.97. The van der Waals surface area contributed by atoms with Crippen LogP contribution in [-0.4, -0.2) is 50.1 Å². The van der Waals surface area contributed by atoms with Gasteiger partial charge in [-0.2, -0.15) is 0 Å². The third-order valence-corrected chi connectivity index (χ3v) is 3.44. The molecule has 0 unspecified atom stereocenters. The fourth-order valence-corrected chi connectivity index (χ4v) is 1.26. The number of carbonyl (C=O) groups excluding carboxylic acids is 1. The zero-order valence-corrected chi connectivity index (χ0v) is 11.0. The average molecular weight is 225 g/mol. The summed E-state index contributed by atoms with van der Waals surface area (Å²) < 4.78 is 0. The summed E-state index contributed by atoms with van der Waals surface area (Å²) in [6.45, 7) is 8.50. The molecule has 0 spiro atoms. The summed E-state index contributed by atoms with van der Waals surface area (Å²) in [5.41, 5.74) is 2.08. The van der Waals surface area contributed by atoms with E-state index in [4.69, 9.17) is 0 Å². The van der Waals surface area contributed by atoms with Gasteiger partial charge < -0.3 is 15.5 Å². The Morgan fingerprint density at radius 1 is 1.44 bits per heavy atom. The molecule has 1 rings (SSSR count). The summed E-state index contributed by atoms with van der Waals surface area (Å²) in [5.74, 6) is 0.0615. The topological polar surface area (TPSA) is 44.4 Å². The fourth-order valence-electron chi connectivity index (χ4n) is 1.26. The second-order valence-electron chi connectivity index (χ2n) is 5.22. The van der Waals surface area contributed by atoms with Gasteiger partial charge in [0, 0.05) is 30.7 Å². The molecule has 0 aromatic rings. The van der Waals surface area contributed by atoms with Crippen LogP contribution in [0.2, 0.25) is 0 Å². The van der Waals surface area contributed by atoms with Crippen molar-refractivity contribution < 1.29 is 4.79 Å². The molecule has 0 bridgehead atoms. The van der Waals surface area contributed by atoms with Crippen LogP contribution in [-0.2, 0) is 4.79 Å². The van der Waals surface area contributed by atoms with Gasteiger partial charge in [-0.3, -0.25) is 4.79 Å². The molecule has 0 saturated carbocycles. The van der Waals surface area contributed by atoms with Gasteiger partial charge in [-0.05, 0) is 40.4 Å². The molecule has 0 aromatic heterocycles. The van der Waals surface area contributed by atoms with Crippen molar-refractivity contribution in [3.05, 3.63) is 11.1 Å². The maximum Gasteiger partial charge on any atom is 0.247 e. The van der Waals surface area contributed by atoms with Crippen LogP contribution in [0.1, 0.15) is 20.8 Å². The fraction of sp³-hybridized carbons (Fsp3) is 0.750. The minimum absolute atomic E-state index is 0.0154. The highest BCUT2D eigenvalue weighted by molar-refractivity contribution is 5.94. The molecule has 16 heavy (non-hydrogen) atoms. The van der Waals surface area contributed by atoms with Crippen LogP contribution in [0.15, 0.2) is 11.1 Å².